The number of nitrogens with one attached hydrogen (secondary N) is 2. The molecule has 0 aliphatic carbocycles. The number of anilines is 1. The predicted molar refractivity (Wildman–Crippen MR) is 94.8 cm³/mol. The molecule has 2 N–H and O–H groups in total. The Kier molecular flexibility index (Phi) is 6.35. The summed E-state index contributed by atoms with van der Waals surface area (Å²) in [7, 11) is 1.55. The van der Waals surface area contributed by atoms with Crippen LogP contribution in [0.5, 0.6) is 0 Å². The number of aryl methyl sites for hydroxylation is 1. The van der Waals surface area contributed by atoms with Crippen LogP contribution in [-0.2, 0) is 4.74 Å². The van der Waals surface area contributed by atoms with Gasteiger partial charge in [0.1, 0.15) is 0 Å². The molecule has 0 aliphatic rings. The van der Waals surface area contributed by atoms with Gasteiger partial charge >= 0.3 is 0 Å². The lowest BCUT2D eigenvalue weighted by Gasteiger charge is -2.13. The van der Waals surface area contributed by atoms with E-state index in [0.717, 1.165) is 5.56 Å². The number of amides is 2. The molecule has 2 aromatic rings. The molecule has 0 atom stereocenters. The summed E-state index contributed by atoms with van der Waals surface area (Å²) in [5, 5.41) is 5.74. The minimum absolute atomic E-state index is 0.234. The summed E-state index contributed by atoms with van der Waals surface area (Å²) < 4.78 is 4.91. The van der Waals surface area contributed by atoms with Crippen LogP contribution in [0.1, 0.15) is 26.3 Å². The summed E-state index contributed by atoms with van der Waals surface area (Å²) >= 11 is 6.15. The lowest BCUT2D eigenvalue weighted by atomic mass is 10.1. The number of hydrogen-bond acceptors (Lipinski definition) is 3. The maximum Gasteiger partial charge on any atom is 0.255 e. The number of halogens is 1. The molecule has 0 saturated heterocycles. The summed E-state index contributed by atoms with van der Waals surface area (Å²) in [5.74, 6) is -0.654. The zero-order chi connectivity index (χ0) is 17.5. The van der Waals surface area contributed by atoms with Gasteiger partial charge in [-0.05, 0) is 30.7 Å². The Labute approximate surface area is 146 Å². The van der Waals surface area contributed by atoms with Crippen molar-refractivity contribution in [2.45, 2.75) is 6.92 Å². The molecule has 0 aromatic heterocycles. The van der Waals surface area contributed by atoms with E-state index in [-0.39, 0.29) is 22.4 Å². The Morgan fingerprint density at radius 2 is 1.83 bits per heavy atom. The van der Waals surface area contributed by atoms with Crippen molar-refractivity contribution < 1.29 is 14.3 Å². The van der Waals surface area contributed by atoms with Crippen molar-refractivity contribution in [1.29, 1.82) is 0 Å². The van der Waals surface area contributed by atoms with Crippen LogP contribution < -0.4 is 10.6 Å². The van der Waals surface area contributed by atoms with Crippen LogP contribution >= 0.6 is 11.6 Å². The number of carbonyl (C=O) groups excluding carboxylic acids is 2. The Hall–Kier alpha value is -2.37. The average molecular weight is 347 g/mol. The number of ether oxygens (including phenoxy) is 1. The lowest BCUT2D eigenvalue weighted by molar-refractivity contribution is 0.0938. The highest BCUT2D eigenvalue weighted by atomic mass is 35.5. The quantitative estimate of drug-likeness (QED) is 0.789. The first-order valence-electron chi connectivity index (χ1n) is 7.47. The van der Waals surface area contributed by atoms with Crippen molar-refractivity contribution in [1.82, 2.24) is 5.32 Å². The molecule has 5 nitrogen and oxygen atoms in total. The van der Waals surface area contributed by atoms with Crippen LogP contribution in [-0.4, -0.2) is 32.1 Å². The van der Waals surface area contributed by atoms with Gasteiger partial charge in [0.05, 0.1) is 22.9 Å². The molecule has 0 aliphatic heterocycles. The fraction of sp³-hybridized carbons (Fsp3) is 0.222. The highest BCUT2D eigenvalue weighted by molar-refractivity contribution is 6.35. The van der Waals surface area contributed by atoms with E-state index in [9.17, 15) is 9.59 Å². The zero-order valence-electron chi connectivity index (χ0n) is 13.6. The molecule has 0 heterocycles. The van der Waals surface area contributed by atoms with Gasteiger partial charge in [0.15, 0.2) is 0 Å². The van der Waals surface area contributed by atoms with E-state index in [0.29, 0.717) is 24.4 Å². The van der Waals surface area contributed by atoms with E-state index in [1.807, 2.05) is 19.1 Å². The maximum absolute atomic E-state index is 12.5. The summed E-state index contributed by atoms with van der Waals surface area (Å²) in [6.07, 6.45) is 0. The van der Waals surface area contributed by atoms with Gasteiger partial charge in [-0.2, -0.15) is 0 Å². The van der Waals surface area contributed by atoms with Crippen molar-refractivity contribution in [2.75, 3.05) is 25.6 Å². The SMILES string of the molecule is COCCNC(=O)c1c(Cl)cccc1NC(=O)c1ccccc1C. The van der Waals surface area contributed by atoms with Crippen molar-refractivity contribution in [3.63, 3.8) is 0 Å². The van der Waals surface area contributed by atoms with Crippen LogP contribution in [0.4, 0.5) is 5.69 Å². The highest BCUT2D eigenvalue weighted by Crippen LogP contribution is 2.25. The normalized spacial score (nSPS) is 10.3. The van der Waals surface area contributed by atoms with Gasteiger partial charge in [0, 0.05) is 19.2 Å². The topological polar surface area (TPSA) is 67.4 Å². The van der Waals surface area contributed by atoms with Gasteiger partial charge in [0.2, 0.25) is 0 Å². The van der Waals surface area contributed by atoms with Gasteiger partial charge in [-0.1, -0.05) is 35.9 Å². The zero-order valence-corrected chi connectivity index (χ0v) is 14.3. The second kappa shape index (κ2) is 8.47. The summed E-state index contributed by atoms with van der Waals surface area (Å²) in [4.78, 5) is 24.8. The maximum atomic E-state index is 12.5. The molecule has 24 heavy (non-hydrogen) atoms. The molecular weight excluding hydrogens is 328 g/mol. The van der Waals surface area contributed by atoms with E-state index in [4.69, 9.17) is 16.3 Å². The standard InChI is InChI=1S/C18H19ClN2O3/c1-12-6-3-4-7-13(12)17(22)21-15-9-5-8-14(19)16(15)18(23)20-10-11-24-2/h3-9H,10-11H2,1-2H3,(H,20,23)(H,21,22). The van der Waals surface area contributed by atoms with Crippen molar-refractivity contribution in [3.8, 4) is 0 Å². The van der Waals surface area contributed by atoms with Crippen LogP contribution in [0.25, 0.3) is 0 Å². The number of benzene rings is 2. The fourth-order valence-electron chi connectivity index (χ4n) is 2.23. The van der Waals surface area contributed by atoms with E-state index in [1.54, 1.807) is 37.4 Å². The molecule has 2 aromatic carbocycles. The summed E-state index contributed by atoms with van der Waals surface area (Å²) in [6, 6.07) is 12.2. The van der Waals surface area contributed by atoms with Gasteiger partial charge in [-0.3, -0.25) is 9.59 Å². The predicted octanol–water partition coefficient (Wildman–Crippen LogP) is 3.28. The fourth-order valence-corrected chi connectivity index (χ4v) is 2.49. The monoisotopic (exact) mass is 346 g/mol. The Morgan fingerprint density at radius 3 is 2.54 bits per heavy atom. The first-order valence-corrected chi connectivity index (χ1v) is 7.85. The Balaban J connectivity index is 2.24. The summed E-state index contributed by atoms with van der Waals surface area (Å²) in [6.45, 7) is 2.60. The van der Waals surface area contributed by atoms with Gasteiger partial charge < -0.3 is 15.4 Å². The lowest BCUT2D eigenvalue weighted by Crippen LogP contribution is -2.28. The van der Waals surface area contributed by atoms with Gasteiger partial charge in [0.25, 0.3) is 11.8 Å². The molecule has 0 saturated carbocycles. The van der Waals surface area contributed by atoms with Gasteiger partial charge in [-0.25, -0.2) is 0 Å². The van der Waals surface area contributed by atoms with Crippen LogP contribution in [0.2, 0.25) is 5.02 Å². The molecule has 0 radical (unpaired) electrons. The molecule has 2 amide bonds. The number of hydrogen-bond donors (Lipinski definition) is 2. The third kappa shape index (κ3) is 4.34. The minimum atomic E-state index is -0.363. The molecule has 0 unspecified atom stereocenters. The second-order valence-corrected chi connectivity index (χ2v) is 5.59. The smallest absolute Gasteiger partial charge is 0.255 e. The van der Waals surface area contributed by atoms with Crippen LogP contribution in [0.15, 0.2) is 42.5 Å². The van der Waals surface area contributed by atoms with E-state index >= 15 is 0 Å². The van der Waals surface area contributed by atoms with Crippen molar-refractivity contribution >= 4 is 29.1 Å². The largest absolute Gasteiger partial charge is 0.383 e. The van der Waals surface area contributed by atoms with Crippen LogP contribution in [0.3, 0.4) is 0 Å². The van der Waals surface area contributed by atoms with Gasteiger partial charge in [-0.15, -0.1) is 0 Å². The molecule has 0 spiro atoms. The third-order valence-electron chi connectivity index (χ3n) is 3.47. The van der Waals surface area contributed by atoms with Crippen molar-refractivity contribution in [2.24, 2.45) is 0 Å². The van der Waals surface area contributed by atoms with Crippen molar-refractivity contribution in [3.05, 3.63) is 64.2 Å². The molecule has 126 valence electrons. The number of rotatable bonds is 6. The number of carbonyl (C=O) groups is 2. The number of methoxy groups -OCH3 is 1. The molecular formula is C18H19ClN2O3. The Morgan fingerprint density at radius 1 is 1.08 bits per heavy atom. The Bertz CT molecular complexity index is 747. The van der Waals surface area contributed by atoms with E-state index in [2.05, 4.69) is 10.6 Å². The first kappa shape index (κ1) is 18.0. The van der Waals surface area contributed by atoms with E-state index < -0.39 is 0 Å². The third-order valence-corrected chi connectivity index (χ3v) is 3.79. The second-order valence-electron chi connectivity index (χ2n) is 5.18. The molecule has 2 rings (SSSR count). The molecule has 0 fully saturated rings. The summed E-state index contributed by atoms with van der Waals surface area (Å²) in [5.41, 5.74) is 1.99. The molecule has 6 heteroatoms. The minimum Gasteiger partial charge on any atom is -0.383 e. The molecule has 0 bridgehead atoms. The van der Waals surface area contributed by atoms with E-state index in [1.165, 1.54) is 0 Å². The highest BCUT2D eigenvalue weighted by Gasteiger charge is 2.18. The first-order chi connectivity index (χ1) is 11.5. The average Bonchev–Trinajstić information content (AvgIpc) is 2.55. The van der Waals surface area contributed by atoms with Crippen LogP contribution in [0, 0.1) is 6.92 Å².